The summed E-state index contributed by atoms with van der Waals surface area (Å²) < 4.78 is 24.2. The van der Waals surface area contributed by atoms with E-state index in [0.717, 1.165) is 5.69 Å². The maximum atomic E-state index is 11.5. The van der Waals surface area contributed by atoms with Gasteiger partial charge in [0.2, 0.25) is 10.0 Å². The fourth-order valence-corrected chi connectivity index (χ4v) is 2.52. The number of nitrogens with zero attached hydrogens (tertiary/aromatic N) is 2. The fraction of sp³-hybridized carbons (Fsp3) is 0.250. The lowest BCUT2D eigenvalue weighted by atomic mass is 10.3. The molecular formula is C16H24N4O2S. The maximum Gasteiger partial charge on any atom is 0.242 e. The van der Waals surface area contributed by atoms with Gasteiger partial charge >= 0.3 is 0 Å². The van der Waals surface area contributed by atoms with E-state index in [0.29, 0.717) is 5.69 Å². The van der Waals surface area contributed by atoms with E-state index in [1.165, 1.54) is 36.2 Å². The van der Waals surface area contributed by atoms with E-state index < -0.39 is 10.0 Å². The molecule has 126 valence electrons. The number of rotatable bonds is 3. The third-order valence-corrected chi connectivity index (χ3v) is 4.90. The lowest BCUT2D eigenvalue weighted by Gasteiger charge is -2.11. The van der Waals surface area contributed by atoms with Crippen molar-refractivity contribution in [2.24, 2.45) is 0 Å². The second-order valence-electron chi connectivity index (χ2n) is 5.34. The van der Waals surface area contributed by atoms with Crippen molar-refractivity contribution in [3.8, 4) is 0 Å². The van der Waals surface area contributed by atoms with E-state index in [4.69, 9.17) is 11.5 Å². The largest absolute Gasteiger partial charge is 0.399 e. The van der Waals surface area contributed by atoms with Gasteiger partial charge in [0.05, 0.1) is 4.90 Å². The summed E-state index contributed by atoms with van der Waals surface area (Å²) in [5.41, 5.74) is 13.5. The summed E-state index contributed by atoms with van der Waals surface area (Å²) in [6.07, 6.45) is 0. The van der Waals surface area contributed by atoms with Gasteiger partial charge in [0.1, 0.15) is 0 Å². The first-order valence-electron chi connectivity index (χ1n) is 6.95. The predicted molar refractivity (Wildman–Crippen MR) is 96.9 cm³/mol. The number of anilines is 3. The summed E-state index contributed by atoms with van der Waals surface area (Å²) in [6.45, 7) is 0. The van der Waals surface area contributed by atoms with Crippen molar-refractivity contribution < 1.29 is 8.42 Å². The molecule has 0 aliphatic carbocycles. The molecular weight excluding hydrogens is 312 g/mol. The summed E-state index contributed by atoms with van der Waals surface area (Å²) in [7, 11) is 3.68. The lowest BCUT2D eigenvalue weighted by molar-refractivity contribution is 0.521. The third kappa shape index (κ3) is 5.46. The topological polar surface area (TPSA) is 92.7 Å². The second-order valence-corrected chi connectivity index (χ2v) is 7.49. The van der Waals surface area contributed by atoms with Gasteiger partial charge in [0, 0.05) is 45.3 Å². The highest BCUT2D eigenvalue weighted by molar-refractivity contribution is 7.89. The highest BCUT2D eigenvalue weighted by Gasteiger charge is 2.15. The summed E-state index contributed by atoms with van der Waals surface area (Å²) in [4.78, 5) is 2.30. The van der Waals surface area contributed by atoms with Crippen molar-refractivity contribution >= 4 is 27.1 Å². The second kappa shape index (κ2) is 7.85. The molecule has 0 radical (unpaired) electrons. The highest BCUT2D eigenvalue weighted by Crippen LogP contribution is 2.14. The maximum absolute atomic E-state index is 11.5. The smallest absolute Gasteiger partial charge is 0.242 e. The average molecular weight is 336 g/mol. The van der Waals surface area contributed by atoms with Crippen LogP contribution in [0.2, 0.25) is 0 Å². The Kier molecular flexibility index (Phi) is 6.41. The Bertz CT molecular complexity index is 709. The van der Waals surface area contributed by atoms with E-state index in [9.17, 15) is 8.42 Å². The van der Waals surface area contributed by atoms with Gasteiger partial charge in [-0.25, -0.2) is 12.7 Å². The number of hydrogen-bond donors (Lipinski definition) is 2. The van der Waals surface area contributed by atoms with Gasteiger partial charge in [-0.05, 0) is 48.5 Å². The van der Waals surface area contributed by atoms with Gasteiger partial charge in [-0.2, -0.15) is 0 Å². The molecule has 0 aromatic heterocycles. The van der Waals surface area contributed by atoms with Crippen molar-refractivity contribution in [3.05, 3.63) is 48.5 Å². The monoisotopic (exact) mass is 336 g/mol. The minimum atomic E-state index is -3.32. The third-order valence-electron chi connectivity index (χ3n) is 3.07. The van der Waals surface area contributed by atoms with Crippen LogP contribution in [0.5, 0.6) is 0 Å². The van der Waals surface area contributed by atoms with Crippen LogP contribution in [0.3, 0.4) is 0 Å². The molecule has 0 saturated carbocycles. The van der Waals surface area contributed by atoms with Crippen molar-refractivity contribution in [3.63, 3.8) is 0 Å². The van der Waals surface area contributed by atoms with E-state index in [1.54, 1.807) is 12.1 Å². The summed E-state index contributed by atoms with van der Waals surface area (Å²) >= 11 is 0. The molecule has 0 atom stereocenters. The average Bonchev–Trinajstić information content (AvgIpc) is 2.48. The van der Waals surface area contributed by atoms with Crippen LogP contribution in [-0.2, 0) is 10.0 Å². The zero-order valence-corrected chi connectivity index (χ0v) is 14.7. The highest BCUT2D eigenvalue weighted by atomic mass is 32.2. The Morgan fingerprint density at radius 3 is 1.48 bits per heavy atom. The quantitative estimate of drug-likeness (QED) is 0.835. The summed E-state index contributed by atoms with van der Waals surface area (Å²) in [6, 6.07) is 13.9. The summed E-state index contributed by atoms with van der Waals surface area (Å²) in [5.74, 6) is 0. The molecule has 4 N–H and O–H groups in total. The van der Waals surface area contributed by atoms with Gasteiger partial charge in [0.15, 0.2) is 0 Å². The van der Waals surface area contributed by atoms with Gasteiger partial charge in [-0.15, -0.1) is 0 Å². The zero-order chi connectivity index (χ0) is 17.6. The number of nitrogen functional groups attached to an aromatic ring is 2. The minimum absolute atomic E-state index is 0.256. The molecule has 0 aliphatic rings. The molecule has 0 unspecified atom stereocenters. The first-order valence-corrected chi connectivity index (χ1v) is 8.39. The molecule has 6 nitrogen and oxygen atoms in total. The van der Waals surface area contributed by atoms with Gasteiger partial charge < -0.3 is 16.4 Å². The Hall–Kier alpha value is -2.25. The van der Waals surface area contributed by atoms with Crippen LogP contribution in [0.25, 0.3) is 0 Å². The number of hydrogen-bond acceptors (Lipinski definition) is 5. The van der Waals surface area contributed by atoms with Gasteiger partial charge in [-0.1, -0.05) is 0 Å². The van der Waals surface area contributed by atoms with Crippen LogP contribution in [-0.4, -0.2) is 40.9 Å². The van der Waals surface area contributed by atoms with Crippen LogP contribution < -0.4 is 16.4 Å². The van der Waals surface area contributed by atoms with Crippen LogP contribution >= 0.6 is 0 Å². The molecule has 0 saturated heterocycles. The van der Waals surface area contributed by atoms with Crippen molar-refractivity contribution in [1.29, 1.82) is 0 Å². The Balaban J connectivity index is 0.000000238. The molecule has 0 heterocycles. The summed E-state index contributed by atoms with van der Waals surface area (Å²) in [5, 5.41) is 0. The molecule has 0 aliphatic heterocycles. The standard InChI is InChI=1S/C8H12N2O2S.C8H12N2/c1-10(2)13(11,12)8-5-3-7(9)4-6-8;1-10(2)8-5-3-7(9)4-6-8/h3-6H,9H2,1-2H3;3-6H,9H2,1-2H3. The van der Waals surface area contributed by atoms with Crippen molar-refractivity contribution in [2.45, 2.75) is 4.90 Å². The lowest BCUT2D eigenvalue weighted by Crippen LogP contribution is -2.22. The molecule has 0 spiro atoms. The number of benzene rings is 2. The van der Waals surface area contributed by atoms with Crippen LogP contribution in [0.15, 0.2) is 53.4 Å². The molecule has 23 heavy (non-hydrogen) atoms. The van der Waals surface area contributed by atoms with Gasteiger partial charge in [-0.3, -0.25) is 0 Å². The Morgan fingerprint density at radius 1 is 0.739 bits per heavy atom. The Morgan fingerprint density at radius 2 is 1.13 bits per heavy atom. The van der Waals surface area contributed by atoms with Crippen molar-refractivity contribution in [2.75, 3.05) is 44.6 Å². The fourth-order valence-electron chi connectivity index (χ4n) is 1.62. The zero-order valence-electron chi connectivity index (χ0n) is 13.9. The first-order chi connectivity index (χ1) is 10.6. The van der Waals surface area contributed by atoms with E-state index >= 15 is 0 Å². The minimum Gasteiger partial charge on any atom is -0.399 e. The van der Waals surface area contributed by atoms with E-state index in [2.05, 4.69) is 0 Å². The van der Waals surface area contributed by atoms with Crippen LogP contribution in [0.4, 0.5) is 17.1 Å². The van der Waals surface area contributed by atoms with E-state index in [-0.39, 0.29) is 4.90 Å². The molecule has 7 heteroatoms. The molecule has 0 bridgehead atoms. The van der Waals surface area contributed by atoms with Crippen LogP contribution in [0, 0.1) is 0 Å². The number of nitrogens with two attached hydrogens (primary N) is 2. The number of sulfonamides is 1. The molecule has 2 rings (SSSR count). The first kappa shape index (κ1) is 18.8. The predicted octanol–water partition coefficient (Wildman–Crippen LogP) is 1.85. The molecule has 2 aromatic rings. The molecule has 2 aromatic carbocycles. The molecule has 0 amide bonds. The van der Waals surface area contributed by atoms with E-state index in [1.807, 2.05) is 43.3 Å². The molecule has 0 fully saturated rings. The van der Waals surface area contributed by atoms with Crippen LogP contribution in [0.1, 0.15) is 0 Å². The van der Waals surface area contributed by atoms with Crippen molar-refractivity contribution in [1.82, 2.24) is 4.31 Å². The Labute approximate surface area is 138 Å². The SMILES string of the molecule is CN(C)S(=O)(=O)c1ccc(N)cc1.CN(C)c1ccc(N)cc1. The van der Waals surface area contributed by atoms with Gasteiger partial charge in [0.25, 0.3) is 0 Å². The normalized spacial score (nSPS) is 10.8.